The van der Waals surface area contributed by atoms with Crippen LogP contribution in [0.25, 0.3) is 0 Å². The van der Waals surface area contributed by atoms with E-state index in [2.05, 4.69) is 10.5 Å². The van der Waals surface area contributed by atoms with Gasteiger partial charge in [0.05, 0.1) is 21.6 Å². The standard InChI is InChI=1S/C13H14N4O4/c1-9-3-2-4-10(7-9)14-15-12-6-5-11(16(18)19)8-13(12)17(20)21/h5-8,15H,2-4H2,1H3/b14-10-. The topological polar surface area (TPSA) is 111 Å². The second-order valence-electron chi connectivity index (χ2n) is 4.77. The van der Waals surface area contributed by atoms with Crippen molar-refractivity contribution in [3.05, 3.63) is 50.1 Å². The Morgan fingerprint density at radius 3 is 2.57 bits per heavy atom. The van der Waals surface area contributed by atoms with E-state index in [-0.39, 0.29) is 17.1 Å². The van der Waals surface area contributed by atoms with Crippen LogP contribution in [0.3, 0.4) is 0 Å². The summed E-state index contributed by atoms with van der Waals surface area (Å²) in [6.07, 6.45) is 4.75. The summed E-state index contributed by atoms with van der Waals surface area (Å²) in [7, 11) is 0. The maximum Gasteiger partial charge on any atom is 0.301 e. The number of nitro groups is 2. The zero-order valence-corrected chi connectivity index (χ0v) is 11.4. The summed E-state index contributed by atoms with van der Waals surface area (Å²) in [5.41, 5.74) is 4.09. The zero-order chi connectivity index (χ0) is 15.4. The van der Waals surface area contributed by atoms with E-state index in [1.807, 2.05) is 13.0 Å². The third-order valence-electron chi connectivity index (χ3n) is 3.13. The first kappa shape index (κ1) is 14.6. The summed E-state index contributed by atoms with van der Waals surface area (Å²) in [5, 5.41) is 25.8. The summed E-state index contributed by atoms with van der Waals surface area (Å²) in [6, 6.07) is 3.42. The third-order valence-corrected chi connectivity index (χ3v) is 3.13. The van der Waals surface area contributed by atoms with Crippen LogP contribution >= 0.6 is 0 Å². The van der Waals surface area contributed by atoms with Gasteiger partial charge in [0.2, 0.25) is 0 Å². The molecule has 1 N–H and O–H groups in total. The van der Waals surface area contributed by atoms with Gasteiger partial charge in [0.1, 0.15) is 5.69 Å². The van der Waals surface area contributed by atoms with Crippen molar-refractivity contribution in [3.63, 3.8) is 0 Å². The number of rotatable bonds is 4. The van der Waals surface area contributed by atoms with Crippen LogP contribution in [-0.4, -0.2) is 15.6 Å². The van der Waals surface area contributed by atoms with E-state index in [9.17, 15) is 20.2 Å². The lowest BCUT2D eigenvalue weighted by atomic mass is 10.00. The lowest BCUT2D eigenvalue weighted by Gasteiger charge is -2.11. The molecular formula is C13H14N4O4. The molecule has 0 atom stereocenters. The molecule has 1 aromatic carbocycles. The molecule has 0 aromatic heterocycles. The van der Waals surface area contributed by atoms with E-state index < -0.39 is 9.85 Å². The van der Waals surface area contributed by atoms with Crippen LogP contribution in [0.5, 0.6) is 0 Å². The van der Waals surface area contributed by atoms with E-state index in [0.29, 0.717) is 0 Å². The molecule has 0 fully saturated rings. The van der Waals surface area contributed by atoms with Gasteiger partial charge in [-0.2, -0.15) is 5.10 Å². The molecule has 0 spiro atoms. The van der Waals surface area contributed by atoms with E-state index in [1.165, 1.54) is 17.7 Å². The molecule has 0 radical (unpaired) electrons. The Balaban J connectivity index is 2.27. The van der Waals surface area contributed by atoms with Crippen LogP contribution in [0.2, 0.25) is 0 Å². The highest BCUT2D eigenvalue weighted by atomic mass is 16.6. The van der Waals surface area contributed by atoms with Crippen molar-refractivity contribution in [3.8, 4) is 0 Å². The Morgan fingerprint density at radius 2 is 1.95 bits per heavy atom. The maximum absolute atomic E-state index is 11.0. The molecule has 8 nitrogen and oxygen atoms in total. The average Bonchev–Trinajstić information content (AvgIpc) is 2.44. The van der Waals surface area contributed by atoms with Gasteiger partial charge in [-0.25, -0.2) is 0 Å². The molecule has 2 rings (SSSR count). The van der Waals surface area contributed by atoms with Crippen LogP contribution in [0.15, 0.2) is 34.9 Å². The minimum absolute atomic E-state index is 0.134. The van der Waals surface area contributed by atoms with Crippen molar-refractivity contribution >= 4 is 22.8 Å². The molecule has 0 saturated heterocycles. The molecular weight excluding hydrogens is 276 g/mol. The first-order valence-electron chi connectivity index (χ1n) is 6.40. The van der Waals surface area contributed by atoms with Gasteiger partial charge >= 0.3 is 5.69 Å². The van der Waals surface area contributed by atoms with Crippen molar-refractivity contribution in [2.45, 2.75) is 26.2 Å². The van der Waals surface area contributed by atoms with Crippen molar-refractivity contribution in [1.29, 1.82) is 0 Å². The number of hydrazone groups is 1. The minimum atomic E-state index is -0.671. The van der Waals surface area contributed by atoms with Gasteiger partial charge in [-0.1, -0.05) is 5.57 Å². The minimum Gasteiger partial charge on any atom is -0.271 e. The second kappa shape index (κ2) is 6.12. The van der Waals surface area contributed by atoms with Gasteiger partial charge in [-0.05, 0) is 38.3 Å². The number of nitrogens with zero attached hydrogens (tertiary/aromatic N) is 3. The average molecular weight is 290 g/mol. The predicted octanol–water partition coefficient (Wildman–Crippen LogP) is 3.40. The Labute approximate surface area is 120 Å². The van der Waals surface area contributed by atoms with Crippen molar-refractivity contribution in [1.82, 2.24) is 0 Å². The molecule has 110 valence electrons. The summed E-state index contributed by atoms with van der Waals surface area (Å²) >= 11 is 0. The van der Waals surface area contributed by atoms with Crippen molar-refractivity contribution in [2.24, 2.45) is 5.10 Å². The third kappa shape index (κ3) is 3.62. The first-order valence-corrected chi connectivity index (χ1v) is 6.40. The lowest BCUT2D eigenvalue weighted by molar-refractivity contribution is -0.393. The molecule has 21 heavy (non-hydrogen) atoms. The van der Waals surface area contributed by atoms with E-state index >= 15 is 0 Å². The second-order valence-corrected chi connectivity index (χ2v) is 4.77. The molecule has 1 aliphatic rings. The van der Waals surface area contributed by atoms with Crippen molar-refractivity contribution < 1.29 is 9.85 Å². The largest absolute Gasteiger partial charge is 0.301 e. The van der Waals surface area contributed by atoms with Crippen LogP contribution in [-0.2, 0) is 0 Å². The molecule has 1 aliphatic carbocycles. The van der Waals surface area contributed by atoms with Gasteiger partial charge in [0.15, 0.2) is 0 Å². The quantitative estimate of drug-likeness (QED) is 0.674. The smallest absolute Gasteiger partial charge is 0.271 e. The van der Waals surface area contributed by atoms with Gasteiger partial charge in [-0.3, -0.25) is 25.7 Å². The number of allylic oxidation sites excluding steroid dienone is 2. The summed E-state index contributed by atoms with van der Waals surface area (Å²) in [6.45, 7) is 2.00. The fraction of sp³-hybridized carbons (Fsp3) is 0.308. The molecule has 0 unspecified atom stereocenters. The van der Waals surface area contributed by atoms with E-state index in [0.717, 1.165) is 31.0 Å². The summed E-state index contributed by atoms with van der Waals surface area (Å²) in [4.78, 5) is 20.3. The highest BCUT2D eigenvalue weighted by molar-refractivity contribution is 5.96. The summed E-state index contributed by atoms with van der Waals surface area (Å²) < 4.78 is 0. The van der Waals surface area contributed by atoms with E-state index in [1.54, 1.807) is 0 Å². The monoisotopic (exact) mass is 290 g/mol. The number of non-ortho nitro benzene ring substituents is 1. The Hall–Kier alpha value is -2.77. The molecule has 1 aromatic rings. The first-order chi connectivity index (χ1) is 9.97. The molecule has 0 amide bonds. The molecule has 0 heterocycles. The number of nitrogens with one attached hydrogen (secondary N) is 1. The normalized spacial score (nSPS) is 16.4. The number of nitro benzene ring substituents is 2. The molecule has 0 bridgehead atoms. The fourth-order valence-electron chi connectivity index (χ4n) is 2.08. The number of hydrogen-bond donors (Lipinski definition) is 1. The molecule has 8 heteroatoms. The van der Waals surface area contributed by atoms with Gasteiger partial charge in [0.25, 0.3) is 5.69 Å². The SMILES string of the molecule is CC1=C/C(=N\Nc2ccc([N+](=O)[O-])cc2[N+](=O)[O-])CCC1. The number of benzene rings is 1. The number of anilines is 1. The van der Waals surface area contributed by atoms with Crippen LogP contribution < -0.4 is 5.43 Å². The molecule has 0 aliphatic heterocycles. The Kier molecular flexibility index (Phi) is 4.27. The maximum atomic E-state index is 11.0. The molecule has 0 saturated carbocycles. The van der Waals surface area contributed by atoms with E-state index in [4.69, 9.17) is 0 Å². The van der Waals surface area contributed by atoms with Crippen molar-refractivity contribution in [2.75, 3.05) is 5.43 Å². The van der Waals surface area contributed by atoms with Gasteiger partial charge in [0, 0.05) is 6.07 Å². The lowest BCUT2D eigenvalue weighted by Crippen LogP contribution is -2.06. The van der Waals surface area contributed by atoms with Crippen LogP contribution in [0.1, 0.15) is 26.2 Å². The predicted molar refractivity (Wildman–Crippen MR) is 78.4 cm³/mol. The van der Waals surface area contributed by atoms with Gasteiger partial charge in [-0.15, -0.1) is 0 Å². The fourth-order valence-corrected chi connectivity index (χ4v) is 2.08. The van der Waals surface area contributed by atoms with Gasteiger partial charge < -0.3 is 0 Å². The Morgan fingerprint density at radius 1 is 1.19 bits per heavy atom. The van der Waals surface area contributed by atoms with Crippen LogP contribution in [0, 0.1) is 20.2 Å². The van der Waals surface area contributed by atoms with Crippen LogP contribution in [0.4, 0.5) is 17.1 Å². The Bertz CT molecular complexity index is 652. The summed E-state index contributed by atoms with van der Waals surface area (Å²) in [5.74, 6) is 0. The number of hydrogen-bond acceptors (Lipinski definition) is 6. The zero-order valence-electron chi connectivity index (χ0n) is 11.4. The highest BCUT2D eigenvalue weighted by Crippen LogP contribution is 2.29. The highest BCUT2D eigenvalue weighted by Gasteiger charge is 2.19.